The van der Waals surface area contributed by atoms with Gasteiger partial charge in [0.05, 0.1) is 30.3 Å². The molecule has 154 valence electrons. The number of pyridine rings is 1. The zero-order chi connectivity index (χ0) is 21.3. The van der Waals surface area contributed by atoms with Crippen molar-refractivity contribution in [1.29, 1.82) is 0 Å². The molecule has 0 saturated carbocycles. The van der Waals surface area contributed by atoms with E-state index < -0.39 is 0 Å². The van der Waals surface area contributed by atoms with Gasteiger partial charge in [-0.25, -0.2) is 0 Å². The number of halogens is 1. The molecule has 0 bridgehead atoms. The molecule has 0 fully saturated rings. The zero-order valence-corrected chi connectivity index (χ0v) is 18.1. The van der Waals surface area contributed by atoms with Crippen LogP contribution in [0.4, 0.5) is 0 Å². The van der Waals surface area contributed by atoms with E-state index in [1.165, 1.54) is 7.11 Å². The lowest BCUT2D eigenvalue weighted by Gasteiger charge is -2.16. The van der Waals surface area contributed by atoms with Crippen LogP contribution < -0.4 is 15.6 Å². The van der Waals surface area contributed by atoms with Crippen LogP contribution in [0.15, 0.2) is 29.1 Å². The van der Waals surface area contributed by atoms with E-state index >= 15 is 0 Å². The Morgan fingerprint density at radius 2 is 2.03 bits per heavy atom. The van der Waals surface area contributed by atoms with Crippen molar-refractivity contribution < 1.29 is 9.53 Å². The number of amides is 1. The maximum Gasteiger partial charge on any atom is 0.256 e. The smallest absolute Gasteiger partial charge is 0.256 e. The van der Waals surface area contributed by atoms with Crippen LogP contribution in [0.2, 0.25) is 5.02 Å². The number of H-pyrrole nitrogens is 1. The minimum atomic E-state index is -0.271. The van der Waals surface area contributed by atoms with Gasteiger partial charge in [-0.1, -0.05) is 24.6 Å². The van der Waals surface area contributed by atoms with E-state index in [1.54, 1.807) is 19.1 Å². The summed E-state index contributed by atoms with van der Waals surface area (Å²) in [6.45, 7) is 8.02. The second kappa shape index (κ2) is 8.33. The molecule has 6 nitrogen and oxygen atoms in total. The topological polar surface area (TPSA) is 76.1 Å². The summed E-state index contributed by atoms with van der Waals surface area (Å²) < 4.78 is 7.46. The minimum absolute atomic E-state index is 0.0701. The van der Waals surface area contributed by atoms with Gasteiger partial charge in [0, 0.05) is 27.8 Å². The van der Waals surface area contributed by atoms with Gasteiger partial charge in [0.15, 0.2) is 0 Å². The van der Waals surface area contributed by atoms with E-state index in [4.69, 9.17) is 16.3 Å². The first-order valence-corrected chi connectivity index (χ1v) is 10.0. The van der Waals surface area contributed by atoms with Gasteiger partial charge in [-0.3, -0.25) is 9.59 Å². The number of carbonyl (C=O) groups is 1. The van der Waals surface area contributed by atoms with E-state index in [-0.39, 0.29) is 24.1 Å². The lowest BCUT2D eigenvalue weighted by Crippen LogP contribution is -2.28. The molecule has 0 saturated heterocycles. The number of methoxy groups -OCH3 is 1. The highest BCUT2D eigenvalue weighted by molar-refractivity contribution is 6.31. The number of aryl methyl sites for hydroxylation is 1. The van der Waals surface area contributed by atoms with E-state index in [9.17, 15) is 9.59 Å². The van der Waals surface area contributed by atoms with Crippen LogP contribution in [-0.4, -0.2) is 22.6 Å². The van der Waals surface area contributed by atoms with Gasteiger partial charge < -0.3 is 19.6 Å². The number of benzene rings is 1. The summed E-state index contributed by atoms with van der Waals surface area (Å²) in [5.41, 5.74) is 3.22. The Kier molecular flexibility index (Phi) is 6.03. The normalized spacial score (nSPS) is 12.2. The maximum absolute atomic E-state index is 13.1. The van der Waals surface area contributed by atoms with E-state index in [2.05, 4.69) is 28.7 Å². The Labute approximate surface area is 174 Å². The highest BCUT2D eigenvalue weighted by atomic mass is 35.5. The number of hydrogen-bond acceptors (Lipinski definition) is 3. The Morgan fingerprint density at radius 3 is 2.69 bits per heavy atom. The molecular formula is C22H26ClN3O3. The predicted molar refractivity (Wildman–Crippen MR) is 116 cm³/mol. The number of fused-ring (bicyclic) bond motifs is 1. The second-order valence-corrected chi connectivity index (χ2v) is 7.70. The van der Waals surface area contributed by atoms with Crippen molar-refractivity contribution in [3.63, 3.8) is 0 Å². The highest BCUT2D eigenvalue weighted by Gasteiger charge is 2.22. The number of ether oxygens (including phenoxy) is 1. The van der Waals surface area contributed by atoms with Gasteiger partial charge in [-0.2, -0.15) is 0 Å². The van der Waals surface area contributed by atoms with Crippen LogP contribution in [0.1, 0.15) is 53.6 Å². The molecule has 3 rings (SSSR count). The molecule has 1 aromatic carbocycles. The molecular weight excluding hydrogens is 390 g/mol. The Hall–Kier alpha value is -2.73. The van der Waals surface area contributed by atoms with Gasteiger partial charge in [-0.15, -0.1) is 0 Å². The molecule has 0 spiro atoms. The largest absolute Gasteiger partial charge is 0.496 e. The van der Waals surface area contributed by atoms with Crippen molar-refractivity contribution in [3.05, 3.63) is 62.2 Å². The summed E-state index contributed by atoms with van der Waals surface area (Å²) in [5.74, 6) is 0.219. The number of nitrogens with zero attached hydrogens (tertiary/aromatic N) is 1. The van der Waals surface area contributed by atoms with Crippen molar-refractivity contribution in [2.45, 2.75) is 46.7 Å². The lowest BCUT2D eigenvalue weighted by molar-refractivity contribution is 0.0951. The maximum atomic E-state index is 13.1. The third-order valence-electron chi connectivity index (χ3n) is 5.35. The van der Waals surface area contributed by atoms with Gasteiger partial charge in [0.2, 0.25) is 0 Å². The summed E-state index contributed by atoms with van der Waals surface area (Å²) in [6, 6.07) is 7.51. The monoisotopic (exact) mass is 415 g/mol. The van der Waals surface area contributed by atoms with Crippen molar-refractivity contribution in [3.8, 4) is 5.75 Å². The van der Waals surface area contributed by atoms with E-state index in [1.807, 2.05) is 19.1 Å². The number of rotatable bonds is 6. The fourth-order valence-corrected chi connectivity index (χ4v) is 3.91. The van der Waals surface area contributed by atoms with Gasteiger partial charge in [0.25, 0.3) is 11.5 Å². The molecule has 29 heavy (non-hydrogen) atoms. The van der Waals surface area contributed by atoms with Crippen LogP contribution in [0, 0.1) is 13.8 Å². The molecule has 2 heterocycles. The average molecular weight is 416 g/mol. The SMILES string of the molecule is CCC(C)n1c(C)c(C(=O)NCc2c(OC)cc(C)[nH]c2=O)c2ccc(Cl)cc21. The zero-order valence-electron chi connectivity index (χ0n) is 17.4. The third-order valence-corrected chi connectivity index (χ3v) is 5.58. The fourth-order valence-electron chi connectivity index (χ4n) is 3.74. The standard InChI is InChI=1S/C22H26ClN3O3/c1-6-13(3)26-14(4)20(16-8-7-15(23)10-18(16)26)22(28)24-11-17-19(29-5)9-12(2)25-21(17)27/h7-10,13H,6,11H2,1-5H3,(H,24,28)(H,25,27). The van der Waals surface area contributed by atoms with E-state index in [0.29, 0.717) is 27.6 Å². The second-order valence-electron chi connectivity index (χ2n) is 7.26. The third kappa shape index (κ3) is 3.90. The summed E-state index contributed by atoms with van der Waals surface area (Å²) in [6.07, 6.45) is 0.925. The van der Waals surface area contributed by atoms with Crippen molar-refractivity contribution in [2.24, 2.45) is 0 Å². The molecule has 0 radical (unpaired) electrons. The summed E-state index contributed by atoms with van der Waals surface area (Å²) in [7, 11) is 1.51. The molecule has 0 aliphatic heterocycles. The lowest BCUT2D eigenvalue weighted by atomic mass is 10.1. The van der Waals surface area contributed by atoms with Crippen LogP contribution in [0.5, 0.6) is 5.75 Å². The number of aromatic nitrogens is 2. The first kappa shape index (κ1) is 21.0. The van der Waals surface area contributed by atoms with Crippen LogP contribution in [-0.2, 0) is 6.54 Å². The Bertz CT molecular complexity index is 1130. The molecule has 3 aromatic rings. The molecule has 7 heteroatoms. The first-order chi connectivity index (χ1) is 13.8. The van der Waals surface area contributed by atoms with Crippen molar-refractivity contribution in [1.82, 2.24) is 14.9 Å². The summed E-state index contributed by atoms with van der Waals surface area (Å²) in [4.78, 5) is 28.2. The Morgan fingerprint density at radius 1 is 1.31 bits per heavy atom. The first-order valence-electron chi connectivity index (χ1n) is 9.63. The number of nitrogens with one attached hydrogen (secondary N) is 2. The van der Waals surface area contributed by atoms with Crippen molar-refractivity contribution in [2.75, 3.05) is 7.11 Å². The van der Waals surface area contributed by atoms with Gasteiger partial charge in [-0.05, 0) is 45.4 Å². The molecule has 2 aromatic heterocycles. The molecule has 1 unspecified atom stereocenters. The molecule has 1 atom stereocenters. The summed E-state index contributed by atoms with van der Waals surface area (Å²) in [5, 5.41) is 4.35. The van der Waals surface area contributed by atoms with Gasteiger partial charge >= 0.3 is 0 Å². The van der Waals surface area contributed by atoms with E-state index in [0.717, 1.165) is 23.0 Å². The number of hydrogen-bond donors (Lipinski definition) is 2. The Balaban J connectivity index is 2.01. The average Bonchev–Trinajstić information content (AvgIpc) is 2.96. The number of aromatic amines is 1. The highest BCUT2D eigenvalue weighted by Crippen LogP contribution is 2.32. The molecule has 2 N–H and O–H groups in total. The molecule has 1 amide bonds. The quantitative estimate of drug-likeness (QED) is 0.621. The molecule has 0 aliphatic rings. The van der Waals surface area contributed by atoms with Crippen LogP contribution >= 0.6 is 11.6 Å². The van der Waals surface area contributed by atoms with Crippen molar-refractivity contribution >= 4 is 28.4 Å². The number of carbonyl (C=O) groups excluding carboxylic acids is 1. The molecule has 0 aliphatic carbocycles. The van der Waals surface area contributed by atoms with Gasteiger partial charge in [0.1, 0.15) is 5.75 Å². The summed E-state index contributed by atoms with van der Waals surface area (Å²) >= 11 is 6.22. The van der Waals surface area contributed by atoms with Crippen LogP contribution in [0.25, 0.3) is 10.9 Å². The van der Waals surface area contributed by atoms with Crippen LogP contribution in [0.3, 0.4) is 0 Å². The minimum Gasteiger partial charge on any atom is -0.496 e. The predicted octanol–water partition coefficient (Wildman–Crippen LogP) is 4.51. The fraction of sp³-hybridized carbons (Fsp3) is 0.364.